The lowest BCUT2D eigenvalue weighted by atomic mass is 9.99. The number of methoxy groups -OCH3 is 1. The number of likely N-dealkylation sites (tertiary alicyclic amines) is 1. The van der Waals surface area contributed by atoms with E-state index in [4.69, 9.17) is 4.74 Å². The summed E-state index contributed by atoms with van der Waals surface area (Å²) >= 11 is 1.44. The minimum Gasteiger partial charge on any atom is -0.465 e. The molecule has 2 aromatic rings. The normalized spacial score (nSPS) is 17.6. The van der Waals surface area contributed by atoms with Gasteiger partial charge in [0.1, 0.15) is 4.88 Å². The number of thiophene rings is 1. The van der Waals surface area contributed by atoms with Gasteiger partial charge in [-0.25, -0.2) is 4.79 Å². The molecule has 1 aromatic heterocycles. The van der Waals surface area contributed by atoms with Crippen LogP contribution in [0.4, 0.5) is 0 Å². The standard InChI is InChI=1S/C27H31NO4S/c1-20(8-6-11-21-9-4-3-5-10-21)24(29)16-13-22-14-18-26(30)28(22)19-7-12-23-15-17-25(33-23)27(31)32-2/h3-5,9-10,13,15-17,20,22,24,29H,7-8,12,14,18-19H2,1-2H3/b16-13+/t20-,22+,24-/m1/s1. The lowest BCUT2D eigenvalue weighted by Crippen LogP contribution is -2.33. The number of hydrogen-bond acceptors (Lipinski definition) is 5. The van der Waals surface area contributed by atoms with E-state index in [1.165, 1.54) is 18.4 Å². The molecule has 174 valence electrons. The fraction of sp³-hybridized carbons (Fsp3) is 0.407. The first-order valence-corrected chi connectivity index (χ1v) is 12.2. The molecule has 1 aromatic carbocycles. The number of carbonyl (C=O) groups is 2. The first-order chi connectivity index (χ1) is 16.0. The van der Waals surface area contributed by atoms with Crippen LogP contribution in [-0.2, 0) is 16.0 Å². The van der Waals surface area contributed by atoms with Crippen molar-refractivity contribution in [2.45, 2.75) is 51.2 Å². The van der Waals surface area contributed by atoms with Crippen molar-refractivity contribution in [2.24, 2.45) is 5.92 Å². The predicted molar refractivity (Wildman–Crippen MR) is 131 cm³/mol. The van der Waals surface area contributed by atoms with Crippen LogP contribution in [0.25, 0.3) is 0 Å². The molecule has 1 aliphatic heterocycles. The van der Waals surface area contributed by atoms with E-state index in [2.05, 4.69) is 11.8 Å². The summed E-state index contributed by atoms with van der Waals surface area (Å²) in [6.07, 6.45) is 6.72. The number of rotatable bonds is 9. The van der Waals surface area contributed by atoms with Gasteiger partial charge in [-0.05, 0) is 49.4 Å². The van der Waals surface area contributed by atoms with Gasteiger partial charge < -0.3 is 14.7 Å². The summed E-state index contributed by atoms with van der Waals surface area (Å²) in [5.74, 6) is 6.12. The number of amides is 1. The van der Waals surface area contributed by atoms with Gasteiger partial charge in [0.15, 0.2) is 0 Å². The van der Waals surface area contributed by atoms with E-state index in [0.717, 1.165) is 29.7 Å². The fourth-order valence-corrected chi connectivity index (χ4v) is 4.75. The Morgan fingerprint density at radius 3 is 2.85 bits per heavy atom. The number of aliphatic hydroxyl groups excluding tert-OH is 1. The van der Waals surface area contributed by atoms with Crippen LogP contribution in [0.5, 0.6) is 0 Å². The van der Waals surface area contributed by atoms with E-state index in [9.17, 15) is 14.7 Å². The van der Waals surface area contributed by atoms with Gasteiger partial charge in [-0.3, -0.25) is 4.79 Å². The highest BCUT2D eigenvalue weighted by Crippen LogP contribution is 2.23. The second-order valence-electron chi connectivity index (χ2n) is 8.28. The summed E-state index contributed by atoms with van der Waals surface area (Å²) in [4.78, 5) is 27.6. The minimum atomic E-state index is -0.601. The molecule has 3 rings (SSSR count). The Balaban J connectivity index is 1.47. The fourth-order valence-electron chi connectivity index (χ4n) is 3.78. The summed E-state index contributed by atoms with van der Waals surface area (Å²) in [6, 6.07) is 13.6. The largest absolute Gasteiger partial charge is 0.465 e. The first kappa shape index (κ1) is 24.8. The topological polar surface area (TPSA) is 66.8 Å². The number of aliphatic hydroxyl groups is 1. The number of aryl methyl sites for hydroxylation is 1. The highest BCUT2D eigenvalue weighted by Gasteiger charge is 2.28. The molecule has 2 heterocycles. The van der Waals surface area contributed by atoms with Crippen LogP contribution in [-0.4, -0.2) is 47.7 Å². The van der Waals surface area contributed by atoms with Crippen LogP contribution < -0.4 is 0 Å². The van der Waals surface area contributed by atoms with Gasteiger partial charge in [-0.15, -0.1) is 11.3 Å². The van der Waals surface area contributed by atoms with E-state index in [0.29, 0.717) is 24.3 Å². The van der Waals surface area contributed by atoms with Crippen LogP contribution in [0.2, 0.25) is 0 Å². The van der Waals surface area contributed by atoms with Crippen molar-refractivity contribution >= 4 is 23.2 Å². The van der Waals surface area contributed by atoms with Crippen molar-refractivity contribution in [1.29, 1.82) is 0 Å². The molecule has 33 heavy (non-hydrogen) atoms. The highest BCUT2D eigenvalue weighted by molar-refractivity contribution is 7.13. The van der Waals surface area contributed by atoms with Gasteiger partial charge in [-0.2, -0.15) is 0 Å². The summed E-state index contributed by atoms with van der Waals surface area (Å²) in [7, 11) is 1.38. The second-order valence-corrected chi connectivity index (χ2v) is 9.45. The lowest BCUT2D eigenvalue weighted by molar-refractivity contribution is -0.128. The van der Waals surface area contributed by atoms with E-state index in [-0.39, 0.29) is 23.8 Å². The van der Waals surface area contributed by atoms with E-state index < -0.39 is 6.10 Å². The number of ether oxygens (including phenoxy) is 1. The van der Waals surface area contributed by atoms with Crippen LogP contribution in [0.1, 0.15) is 52.7 Å². The Labute approximate surface area is 200 Å². The molecular weight excluding hydrogens is 434 g/mol. The van der Waals surface area contributed by atoms with Crippen molar-refractivity contribution in [3.8, 4) is 11.8 Å². The van der Waals surface area contributed by atoms with Crippen molar-refractivity contribution < 1.29 is 19.4 Å². The molecule has 0 spiro atoms. The molecule has 0 unspecified atom stereocenters. The SMILES string of the molecule is COC(=O)c1ccc(CCCN2C(=O)CC[C@@H]2/C=C/[C@@H](O)[C@H](C)CC#Cc2ccccc2)s1. The molecule has 1 aliphatic rings. The van der Waals surface area contributed by atoms with Gasteiger partial charge in [0, 0.05) is 29.8 Å². The first-order valence-electron chi connectivity index (χ1n) is 11.3. The Morgan fingerprint density at radius 2 is 2.09 bits per heavy atom. The number of nitrogens with zero attached hydrogens (tertiary/aromatic N) is 1. The van der Waals surface area contributed by atoms with Crippen molar-refractivity contribution in [3.63, 3.8) is 0 Å². The molecular formula is C27H31NO4S. The maximum atomic E-state index is 12.4. The highest BCUT2D eigenvalue weighted by atomic mass is 32.1. The monoisotopic (exact) mass is 465 g/mol. The van der Waals surface area contributed by atoms with Gasteiger partial charge in [0.2, 0.25) is 5.91 Å². The van der Waals surface area contributed by atoms with Crippen LogP contribution in [0.15, 0.2) is 54.6 Å². The Kier molecular flexibility index (Phi) is 9.29. The third-order valence-corrected chi connectivity index (χ3v) is 6.91. The molecule has 1 N–H and O–H groups in total. The second kappa shape index (κ2) is 12.4. The van der Waals surface area contributed by atoms with Gasteiger partial charge in [0.05, 0.1) is 19.3 Å². The molecule has 0 bridgehead atoms. The zero-order valence-corrected chi connectivity index (χ0v) is 20.0. The maximum absolute atomic E-state index is 12.4. The summed E-state index contributed by atoms with van der Waals surface area (Å²) in [5, 5.41) is 10.5. The number of hydrogen-bond donors (Lipinski definition) is 1. The zero-order chi connectivity index (χ0) is 23.6. The molecule has 5 nitrogen and oxygen atoms in total. The molecule has 6 heteroatoms. The maximum Gasteiger partial charge on any atom is 0.348 e. The number of esters is 1. The summed E-state index contributed by atoms with van der Waals surface area (Å²) in [5.41, 5.74) is 0.971. The Morgan fingerprint density at radius 1 is 1.30 bits per heavy atom. The molecule has 1 saturated heterocycles. The van der Waals surface area contributed by atoms with Crippen molar-refractivity contribution in [2.75, 3.05) is 13.7 Å². The van der Waals surface area contributed by atoms with Crippen LogP contribution >= 0.6 is 11.3 Å². The zero-order valence-electron chi connectivity index (χ0n) is 19.2. The predicted octanol–water partition coefficient (Wildman–Crippen LogP) is 4.45. The molecule has 3 atom stereocenters. The number of carbonyl (C=O) groups excluding carboxylic acids is 2. The van der Waals surface area contributed by atoms with Gasteiger partial charge >= 0.3 is 5.97 Å². The smallest absolute Gasteiger partial charge is 0.348 e. The summed E-state index contributed by atoms with van der Waals surface area (Å²) < 4.78 is 4.75. The quantitative estimate of drug-likeness (QED) is 0.337. The van der Waals surface area contributed by atoms with E-state index >= 15 is 0 Å². The molecule has 1 amide bonds. The Hall–Kier alpha value is -2.88. The van der Waals surface area contributed by atoms with Gasteiger partial charge in [0.25, 0.3) is 0 Å². The molecule has 0 radical (unpaired) electrons. The van der Waals surface area contributed by atoms with Crippen LogP contribution in [0, 0.1) is 17.8 Å². The molecule has 1 fully saturated rings. The van der Waals surface area contributed by atoms with E-state index in [1.54, 1.807) is 6.07 Å². The summed E-state index contributed by atoms with van der Waals surface area (Å²) in [6.45, 7) is 2.64. The van der Waals surface area contributed by atoms with Crippen LogP contribution in [0.3, 0.4) is 0 Å². The third kappa shape index (κ3) is 7.31. The lowest BCUT2D eigenvalue weighted by Gasteiger charge is -2.23. The average molecular weight is 466 g/mol. The average Bonchev–Trinajstić information content (AvgIpc) is 3.44. The molecule has 0 aliphatic carbocycles. The molecule has 0 saturated carbocycles. The van der Waals surface area contributed by atoms with E-state index in [1.807, 2.05) is 60.4 Å². The Bertz CT molecular complexity index is 1020. The third-order valence-electron chi connectivity index (χ3n) is 5.79. The minimum absolute atomic E-state index is 0.00542. The van der Waals surface area contributed by atoms with Crippen molar-refractivity contribution in [3.05, 3.63) is 69.9 Å². The van der Waals surface area contributed by atoms with Gasteiger partial charge in [-0.1, -0.05) is 49.1 Å². The van der Waals surface area contributed by atoms with Crippen molar-refractivity contribution in [1.82, 2.24) is 4.90 Å². The number of benzene rings is 1.